The fourth-order valence-electron chi connectivity index (χ4n) is 4.58. The number of nitrogens with zero attached hydrogens (tertiary/aromatic N) is 3. The van der Waals surface area contributed by atoms with Crippen LogP contribution in [0.5, 0.6) is 0 Å². The smallest absolute Gasteiger partial charge is 0.316 e. The van der Waals surface area contributed by atoms with Gasteiger partial charge in [-0.3, -0.25) is 19.2 Å². The van der Waals surface area contributed by atoms with Crippen molar-refractivity contribution in [2.45, 2.75) is 25.6 Å². The monoisotopic (exact) mass is 534 g/mol. The van der Waals surface area contributed by atoms with Crippen LogP contribution in [0.2, 0.25) is 5.02 Å². The van der Waals surface area contributed by atoms with Crippen LogP contribution in [0.3, 0.4) is 0 Å². The average Bonchev–Trinajstić information content (AvgIpc) is 3.35. The number of rotatable bonds is 5. The fraction of sp³-hybridized carbons (Fsp3) is 0.320. The van der Waals surface area contributed by atoms with E-state index in [4.69, 9.17) is 11.6 Å². The van der Waals surface area contributed by atoms with Crippen molar-refractivity contribution in [2.75, 3.05) is 19.6 Å². The molecule has 5 rings (SSSR count). The lowest BCUT2D eigenvalue weighted by molar-refractivity contribution is -0.138. The number of hydrogen-bond donors (Lipinski definition) is 1. The van der Waals surface area contributed by atoms with Gasteiger partial charge in [-0.1, -0.05) is 23.7 Å². The molecular formula is C25H22ClF3N4O2S. The molecule has 188 valence electrons. The SMILES string of the molecule is O=C1SC(=Cc2ccc3c(cnn3Cc3ccc(Cl)cc3C(F)(F)F)c2)C(=O)N1CC1CCCNC1. The Balaban J connectivity index is 1.36. The van der Waals surface area contributed by atoms with Crippen LogP contribution in [0.4, 0.5) is 18.0 Å². The first-order valence-corrected chi connectivity index (χ1v) is 12.7. The largest absolute Gasteiger partial charge is 0.416 e. The van der Waals surface area contributed by atoms with Crippen molar-refractivity contribution < 1.29 is 22.8 Å². The quantitative estimate of drug-likeness (QED) is 0.420. The van der Waals surface area contributed by atoms with E-state index in [1.54, 1.807) is 30.5 Å². The molecule has 0 spiro atoms. The molecule has 2 aromatic carbocycles. The second kappa shape index (κ2) is 9.91. The molecule has 0 aliphatic carbocycles. The molecule has 2 fully saturated rings. The number of amides is 2. The summed E-state index contributed by atoms with van der Waals surface area (Å²) in [4.78, 5) is 27.0. The van der Waals surface area contributed by atoms with Gasteiger partial charge in [-0.25, -0.2) is 0 Å². The summed E-state index contributed by atoms with van der Waals surface area (Å²) in [6.07, 6.45) is 0.709. The normalized spacial score (nSPS) is 20.2. The Morgan fingerprint density at radius 2 is 2.03 bits per heavy atom. The summed E-state index contributed by atoms with van der Waals surface area (Å²) < 4.78 is 41.9. The first-order valence-electron chi connectivity index (χ1n) is 11.5. The molecule has 6 nitrogen and oxygen atoms in total. The summed E-state index contributed by atoms with van der Waals surface area (Å²) in [5, 5.41) is 8.02. The first-order chi connectivity index (χ1) is 17.2. The van der Waals surface area contributed by atoms with Crippen molar-refractivity contribution in [2.24, 2.45) is 5.92 Å². The van der Waals surface area contributed by atoms with Crippen LogP contribution in [-0.4, -0.2) is 45.5 Å². The highest BCUT2D eigenvalue weighted by Crippen LogP contribution is 2.35. The van der Waals surface area contributed by atoms with Crippen LogP contribution in [0.15, 0.2) is 47.5 Å². The number of piperidine rings is 1. The molecule has 3 aromatic rings. The van der Waals surface area contributed by atoms with Crippen molar-refractivity contribution in [3.05, 3.63) is 69.2 Å². The van der Waals surface area contributed by atoms with Gasteiger partial charge in [0.25, 0.3) is 11.1 Å². The molecule has 2 saturated heterocycles. The van der Waals surface area contributed by atoms with Crippen LogP contribution in [0.25, 0.3) is 17.0 Å². The van der Waals surface area contributed by atoms with E-state index in [1.807, 2.05) is 0 Å². The Bertz CT molecular complexity index is 1370. The number of imide groups is 1. The lowest BCUT2D eigenvalue weighted by Crippen LogP contribution is -2.40. The van der Waals surface area contributed by atoms with Gasteiger partial charge < -0.3 is 5.32 Å². The molecular weight excluding hydrogens is 513 g/mol. The topological polar surface area (TPSA) is 67.2 Å². The van der Waals surface area contributed by atoms with E-state index in [1.165, 1.54) is 21.7 Å². The third-order valence-electron chi connectivity index (χ3n) is 6.37. The molecule has 11 heteroatoms. The summed E-state index contributed by atoms with van der Waals surface area (Å²) >= 11 is 6.71. The molecule has 2 aliphatic heterocycles. The Morgan fingerprint density at radius 1 is 1.19 bits per heavy atom. The van der Waals surface area contributed by atoms with Gasteiger partial charge in [-0.2, -0.15) is 18.3 Å². The number of benzene rings is 2. The number of thioether (sulfide) groups is 1. The summed E-state index contributed by atoms with van der Waals surface area (Å²) in [6, 6.07) is 8.99. The number of carbonyl (C=O) groups is 2. The van der Waals surface area contributed by atoms with Crippen LogP contribution in [0.1, 0.15) is 29.5 Å². The van der Waals surface area contributed by atoms with E-state index in [9.17, 15) is 22.8 Å². The third-order valence-corrected chi connectivity index (χ3v) is 7.52. The molecule has 0 saturated carbocycles. The molecule has 1 aromatic heterocycles. The van der Waals surface area contributed by atoms with Gasteiger partial charge in [-0.05, 0) is 85.1 Å². The van der Waals surface area contributed by atoms with E-state index in [0.717, 1.165) is 43.8 Å². The Hall–Kier alpha value is -2.82. The van der Waals surface area contributed by atoms with Crippen molar-refractivity contribution in [1.82, 2.24) is 20.0 Å². The maximum atomic E-state index is 13.5. The lowest BCUT2D eigenvalue weighted by atomic mass is 9.99. The van der Waals surface area contributed by atoms with Gasteiger partial charge in [-0.15, -0.1) is 0 Å². The third kappa shape index (κ3) is 5.16. The minimum absolute atomic E-state index is 0.0147. The average molecular weight is 535 g/mol. The summed E-state index contributed by atoms with van der Waals surface area (Å²) in [6.45, 7) is 2.08. The molecule has 1 N–H and O–H groups in total. The highest BCUT2D eigenvalue weighted by molar-refractivity contribution is 8.18. The molecule has 2 aliphatic rings. The van der Waals surface area contributed by atoms with Crippen LogP contribution < -0.4 is 5.32 Å². The van der Waals surface area contributed by atoms with Crippen LogP contribution >= 0.6 is 23.4 Å². The van der Waals surface area contributed by atoms with Crippen molar-refractivity contribution in [3.63, 3.8) is 0 Å². The number of alkyl halides is 3. The molecule has 0 bridgehead atoms. The van der Waals surface area contributed by atoms with E-state index in [0.29, 0.717) is 27.9 Å². The summed E-state index contributed by atoms with van der Waals surface area (Å²) in [5.74, 6) is -0.0407. The van der Waals surface area contributed by atoms with Gasteiger partial charge in [0.1, 0.15) is 0 Å². The zero-order valence-corrected chi connectivity index (χ0v) is 20.6. The standard InChI is InChI=1S/C25H22ClF3N4O2S/c26-19-5-4-17(20(10-19)25(27,28)29)14-33-21-6-3-15(8-18(21)12-31-33)9-22-23(34)32(24(35)36-22)13-16-2-1-7-30-11-16/h3-6,8-10,12,16,30H,1-2,7,11,13-14H2. The summed E-state index contributed by atoms with van der Waals surface area (Å²) in [5.41, 5.74) is 0.611. The van der Waals surface area contributed by atoms with Crippen molar-refractivity contribution in [1.29, 1.82) is 0 Å². The van der Waals surface area contributed by atoms with Gasteiger partial charge in [0.15, 0.2) is 0 Å². The number of fused-ring (bicyclic) bond motifs is 1. The highest BCUT2D eigenvalue weighted by Gasteiger charge is 2.36. The predicted molar refractivity (Wildman–Crippen MR) is 134 cm³/mol. The van der Waals surface area contributed by atoms with Crippen LogP contribution in [-0.2, 0) is 17.5 Å². The number of aromatic nitrogens is 2. The van der Waals surface area contributed by atoms with Crippen molar-refractivity contribution >= 4 is 51.5 Å². The number of halogens is 4. The van der Waals surface area contributed by atoms with Crippen LogP contribution in [0, 0.1) is 5.92 Å². The highest BCUT2D eigenvalue weighted by atomic mass is 35.5. The Kier molecular flexibility index (Phi) is 6.84. The zero-order valence-electron chi connectivity index (χ0n) is 19.0. The van der Waals surface area contributed by atoms with Gasteiger partial charge >= 0.3 is 6.18 Å². The number of hydrogen-bond acceptors (Lipinski definition) is 5. The fourth-order valence-corrected chi connectivity index (χ4v) is 5.60. The van der Waals surface area contributed by atoms with E-state index < -0.39 is 11.7 Å². The van der Waals surface area contributed by atoms with Gasteiger partial charge in [0.2, 0.25) is 0 Å². The predicted octanol–water partition coefficient (Wildman–Crippen LogP) is 5.79. The minimum atomic E-state index is -4.53. The Labute approximate surface area is 214 Å². The lowest BCUT2D eigenvalue weighted by Gasteiger charge is -2.25. The molecule has 0 radical (unpaired) electrons. The molecule has 1 atom stereocenters. The number of carbonyl (C=O) groups excluding carboxylic acids is 2. The maximum Gasteiger partial charge on any atom is 0.416 e. The Morgan fingerprint density at radius 3 is 2.78 bits per heavy atom. The first kappa shape index (κ1) is 24.9. The molecule has 36 heavy (non-hydrogen) atoms. The molecule has 1 unspecified atom stereocenters. The van der Waals surface area contributed by atoms with E-state index in [2.05, 4.69) is 10.4 Å². The van der Waals surface area contributed by atoms with Crippen molar-refractivity contribution in [3.8, 4) is 0 Å². The summed E-state index contributed by atoms with van der Waals surface area (Å²) in [7, 11) is 0. The van der Waals surface area contributed by atoms with Gasteiger partial charge in [0, 0.05) is 17.0 Å². The van der Waals surface area contributed by atoms with Gasteiger partial charge in [0.05, 0.1) is 28.7 Å². The zero-order chi connectivity index (χ0) is 25.4. The molecule has 3 heterocycles. The van der Waals surface area contributed by atoms with E-state index in [-0.39, 0.29) is 34.2 Å². The minimum Gasteiger partial charge on any atom is -0.316 e. The maximum absolute atomic E-state index is 13.5. The second-order valence-corrected chi connectivity index (χ2v) is 10.4. The second-order valence-electron chi connectivity index (χ2n) is 8.92. The molecule has 2 amide bonds. The number of nitrogens with one attached hydrogen (secondary N) is 1. The van der Waals surface area contributed by atoms with E-state index >= 15 is 0 Å².